The molecular weight excluding hydrogens is 166 g/mol. The predicted molar refractivity (Wildman–Crippen MR) is 50.1 cm³/mol. The van der Waals surface area contributed by atoms with Gasteiger partial charge in [-0.3, -0.25) is 0 Å². The van der Waals surface area contributed by atoms with Gasteiger partial charge in [0.25, 0.3) is 0 Å². The minimum atomic E-state index is -1.11. The third kappa shape index (κ3) is 4.32. The first-order valence-electron chi connectivity index (χ1n) is 4.46. The van der Waals surface area contributed by atoms with Gasteiger partial charge in [-0.1, -0.05) is 19.8 Å². The molecule has 0 atom stereocenters. The first-order valence-corrected chi connectivity index (χ1v) is 4.46. The number of hydrogen-bond donors (Lipinski definition) is 1. The normalized spacial score (nSPS) is 11.8. The fourth-order valence-corrected chi connectivity index (χ4v) is 1.09. The minimum Gasteiger partial charge on any atom is -0.477 e. The number of rotatable bonds is 5. The van der Waals surface area contributed by atoms with Crippen molar-refractivity contribution >= 4 is 5.97 Å². The van der Waals surface area contributed by atoms with Gasteiger partial charge in [0.15, 0.2) is 0 Å². The van der Waals surface area contributed by atoms with Gasteiger partial charge in [0.05, 0.1) is 0 Å². The largest absolute Gasteiger partial charge is 0.477 e. The molecule has 0 saturated carbocycles. The molecule has 0 aromatic carbocycles. The molecule has 0 aliphatic carbocycles. The molecular formula is C10H15NO2. The van der Waals surface area contributed by atoms with Crippen LogP contribution in [-0.4, -0.2) is 11.1 Å². The molecule has 13 heavy (non-hydrogen) atoms. The second kappa shape index (κ2) is 6.24. The lowest BCUT2D eigenvalue weighted by Crippen LogP contribution is -2.01. The van der Waals surface area contributed by atoms with Crippen LogP contribution in [0.4, 0.5) is 0 Å². The number of carboxylic acids is 1. The zero-order valence-corrected chi connectivity index (χ0v) is 8.13. The van der Waals surface area contributed by atoms with Gasteiger partial charge in [-0.15, -0.1) is 0 Å². The summed E-state index contributed by atoms with van der Waals surface area (Å²) in [4.78, 5) is 10.5. The summed E-state index contributed by atoms with van der Waals surface area (Å²) in [5.41, 5.74) is 0.583. The van der Waals surface area contributed by atoms with Crippen molar-refractivity contribution in [2.24, 2.45) is 0 Å². The SMILES string of the molecule is CCCCC/C(C)=C(/C#N)C(=O)O. The van der Waals surface area contributed by atoms with Crippen LogP contribution >= 0.6 is 0 Å². The topological polar surface area (TPSA) is 61.1 Å². The molecule has 72 valence electrons. The van der Waals surface area contributed by atoms with Crippen LogP contribution in [0.5, 0.6) is 0 Å². The van der Waals surface area contributed by atoms with Crippen LogP contribution in [0.2, 0.25) is 0 Å². The Morgan fingerprint density at radius 2 is 2.08 bits per heavy atom. The Kier molecular flexibility index (Phi) is 5.62. The number of unbranched alkanes of at least 4 members (excludes halogenated alkanes) is 2. The Bertz CT molecular complexity index is 248. The Labute approximate surface area is 78.7 Å². The highest BCUT2D eigenvalue weighted by Gasteiger charge is 2.09. The van der Waals surface area contributed by atoms with E-state index in [1.54, 1.807) is 13.0 Å². The molecule has 0 aliphatic rings. The first kappa shape index (κ1) is 11.7. The van der Waals surface area contributed by atoms with Crippen molar-refractivity contribution in [2.45, 2.75) is 39.5 Å². The number of nitriles is 1. The maximum atomic E-state index is 10.5. The van der Waals surface area contributed by atoms with E-state index in [4.69, 9.17) is 10.4 Å². The van der Waals surface area contributed by atoms with Crippen molar-refractivity contribution in [3.8, 4) is 6.07 Å². The number of allylic oxidation sites excluding steroid dienone is 1. The smallest absolute Gasteiger partial charge is 0.346 e. The van der Waals surface area contributed by atoms with E-state index in [-0.39, 0.29) is 5.57 Å². The molecule has 0 rings (SSSR count). The van der Waals surface area contributed by atoms with Crippen molar-refractivity contribution in [3.05, 3.63) is 11.1 Å². The molecule has 0 aromatic heterocycles. The number of aliphatic carboxylic acids is 1. The lowest BCUT2D eigenvalue weighted by atomic mass is 10.0. The van der Waals surface area contributed by atoms with E-state index in [1.807, 2.05) is 0 Å². The van der Waals surface area contributed by atoms with Crippen LogP contribution in [0.3, 0.4) is 0 Å². The summed E-state index contributed by atoms with van der Waals surface area (Å²) in [7, 11) is 0. The lowest BCUT2D eigenvalue weighted by Gasteiger charge is -2.00. The Balaban J connectivity index is 4.25. The van der Waals surface area contributed by atoms with Gasteiger partial charge in [-0.25, -0.2) is 4.79 Å². The highest BCUT2D eigenvalue weighted by atomic mass is 16.4. The molecule has 0 unspecified atom stereocenters. The van der Waals surface area contributed by atoms with Crippen LogP contribution in [-0.2, 0) is 4.79 Å². The van der Waals surface area contributed by atoms with Crippen molar-refractivity contribution in [3.63, 3.8) is 0 Å². The number of nitrogens with zero attached hydrogens (tertiary/aromatic N) is 1. The fourth-order valence-electron chi connectivity index (χ4n) is 1.09. The van der Waals surface area contributed by atoms with E-state index in [2.05, 4.69) is 6.92 Å². The third-order valence-electron chi connectivity index (χ3n) is 1.91. The van der Waals surface area contributed by atoms with Gasteiger partial charge in [-0.05, 0) is 25.3 Å². The van der Waals surface area contributed by atoms with Gasteiger partial charge < -0.3 is 5.11 Å². The predicted octanol–water partition coefficient (Wildman–Crippen LogP) is 2.49. The molecule has 0 spiro atoms. The molecule has 0 heterocycles. The summed E-state index contributed by atoms with van der Waals surface area (Å²) in [6.07, 6.45) is 3.85. The molecule has 0 aliphatic heterocycles. The molecule has 0 radical (unpaired) electrons. The monoisotopic (exact) mass is 181 g/mol. The van der Waals surface area contributed by atoms with E-state index in [0.29, 0.717) is 12.0 Å². The van der Waals surface area contributed by atoms with Crippen LogP contribution in [0.15, 0.2) is 11.1 Å². The molecule has 0 saturated heterocycles. The summed E-state index contributed by atoms with van der Waals surface area (Å²) in [6.45, 7) is 3.80. The standard InChI is InChI=1S/C10H15NO2/c1-3-4-5-6-8(2)9(7-11)10(12)13/h3-6H2,1-2H3,(H,12,13)/b9-8-. The summed E-state index contributed by atoms with van der Waals surface area (Å²) in [5, 5.41) is 17.2. The average Bonchev–Trinajstić information content (AvgIpc) is 2.05. The van der Waals surface area contributed by atoms with Gasteiger partial charge >= 0.3 is 5.97 Å². The van der Waals surface area contributed by atoms with Crippen LogP contribution in [0.25, 0.3) is 0 Å². The van der Waals surface area contributed by atoms with Crippen molar-refractivity contribution in [2.75, 3.05) is 0 Å². The van der Waals surface area contributed by atoms with Crippen molar-refractivity contribution in [1.29, 1.82) is 5.26 Å². The highest BCUT2D eigenvalue weighted by molar-refractivity contribution is 5.91. The van der Waals surface area contributed by atoms with E-state index in [1.165, 1.54) is 0 Å². The first-order chi connectivity index (χ1) is 6.13. The van der Waals surface area contributed by atoms with Crippen LogP contribution < -0.4 is 0 Å². The molecule has 3 nitrogen and oxygen atoms in total. The Morgan fingerprint density at radius 3 is 2.46 bits per heavy atom. The molecule has 0 aromatic rings. The van der Waals surface area contributed by atoms with Gasteiger partial charge in [0.2, 0.25) is 0 Å². The third-order valence-corrected chi connectivity index (χ3v) is 1.91. The van der Waals surface area contributed by atoms with Crippen LogP contribution in [0, 0.1) is 11.3 Å². The Morgan fingerprint density at radius 1 is 1.46 bits per heavy atom. The number of carboxylic acid groups (broad SMARTS) is 1. The maximum Gasteiger partial charge on any atom is 0.346 e. The second-order valence-electron chi connectivity index (χ2n) is 3.03. The fraction of sp³-hybridized carbons (Fsp3) is 0.600. The molecule has 3 heteroatoms. The summed E-state index contributed by atoms with van der Waals surface area (Å²) in [5.74, 6) is -1.11. The van der Waals surface area contributed by atoms with E-state index < -0.39 is 5.97 Å². The minimum absolute atomic E-state index is 0.101. The number of carbonyl (C=O) groups is 1. The maximum absolute atomic E-state index is 10.5. The number of hydrogen-bond acceptors (Lipinski definition) is 2. The van der Waals surface area contributed by atoms with Gasteiger partial charge in [0.1, 0.15) is 11.6 Å². The average molecular weight is 181 g/mol. The molecule has 0 bridgehead atoms. The van der Waals surface area contributed by atoms with E-state index >= 15 is 0 Å². The van der Waals surface area contributed by atoms with Gasteiger partial charge in [0, 0.05) is 0 Å². The highest BCUT2D eigenvalue weighted by Crippen LogP contribution is 2.12. The zero-order valence-electron chi connectivity index (χ0n) is 8.13. The summed E-state index contributed by atoms with van der Waals surface area (Å²) < 4.78 is 0. The molecule has 0 fully saturated rings. The van der Waals surface area contributed by atoms with Crippen LogP contribution in [0.1, 0.15) is 39.5 Å². The van der Waals surface area contributed by atoms with Crippen molar-refractivity contribution in [1.82, 2.24) is 0 Å². The molecule has 1 N–H and O–H groups in total. The Hall–Kier alpha value is -1.30. The summed E-state index contributed by atoms with van der Waals surface area (Å²) in [6, 6.07) is 1.71. The zero-order chi connectivity index (χ0) is 10.3. The van der Waals surface area contributed by atoms with Crippen molar-refractivity contribution < 1.29 is 9.90 Å². The van der Waals surface area contributed by atoms with E-state index in [9.17, 15) is 4.79 Å². The second-order valence-corrected chi connectivity index (χ2v) is 3.03. The quantitative estimate of drug-likeness (QED) is 0.402. The lowest BCUT2D eigenvalue weighted by molar-refractivity contribution is -0.132. The van der Waals surface area contributed by atoms with E-state index in [0.717, 1.165) is 19.3 Å². The van der Waals surface area contributed by atoms with Gasteiger partial charge in [-0.2, -0.15) is 5.26 Å². The molecule has 0 amide bonds. The summed E-state index contributed by atoms with van der Waals surface area (Å²) >= 11 is 0.